The molecule has 0 bridgehead atoms. The second-order valence-corrected chi connectivity index (χ2v) is 7.41. The Bertz CT molecular complexity index is 971. The topological polar surface area (TPSA) is 89.0 Å². The lowest BCUT2D eigenvalue weighted by Gasteiger charge is -2.25. The number of hydrogen-bond donors (Lipinski definition) is 1. The number of hydrogen-bond acceptors (Lipinski definition) is 6. The molecule has 1 amide bonds. The standard InChI is InChI=1S/C21H20Cl2N2O5/c1-29-8-4-7-25-17(12-5-3-6-24-11-12)16(19(27)21(25)28)18(26)13-9-14(22)20(30-2)15(23)10-13/h3,5-6,9-11,17,26H,4,7-8H2,1-2H3/b18-16+. The Labute approximate surface area is 183 Å². The van der Waals surface area contributed by atoms with Gasteiger partial charge in [-0.15, -0.1) is 0 Å². The number of methoxy groups -OCH3 is 2. The number of ether oxygens (including phenoxy) is 2. The lowest BCUT2D eigenvalue weighted by molar-refractivity contribution is -0.140. The number of carbonyl (C=O) groups is 2. The Morgan fingerprint density at radius 3 is 2.50 bits per heavy atom. The van der Waals surface area contributed by atoms with E-state index in [2.05, 4.69) is 4.98 Å². The number of aliphatic hydroxyl groups is 1. The van der Waals surface area contributed by atoms with Crippen LogP contribution in [0.25, 0.3) is 5.76 Å². The highest BCUT2D eigenvalue weighted by molar-refractivity contribution is 6.46. The summed E-state index contributed by atoms with van der Waals surface area (Å²) in [4.78, 5) is 31.2. The summed E-state index contributed by atoms with van der Waals surface area (Å²) < 4.78 is 10.2. The summed E-state index contributed by atoms with van der Waals surface area (Å²) in [5, 5.41) is 11.3. The molecular formula is C21H20Cl2N2O5. The predicted octanol–water partition coefficient (Wildman–Crippen LogP) is 3.86. The first-order chi connectivity index (χ1) is 14.4. The first-order valence-electron chi connectivity index (χ1n) is 9.11. The van der Waals surface area contributed by atoms with Crippen LogP contribution >= 0.6 is 23.2 Å². The molecule has 1 unspecified atom stereocenters. The average molecular weight is 451 g/mol. The number of aliphatic hydroxyl groups excluding tert-OH is 1. The maximum Gasteiger partial charge on any atom is 0.295 e. The van der Waals surface area contributed by atoms with Gasteiger partial charge in [0.1, 0.15) is 5.76 Å². The van der Waals surface area contributed by atoms with Gasteiger partial charge < -0.3 is 19.5 Å². The summed E-state index contributed by atoms with van der Waals surface area (Å²) in [6, 6.07) is 5.51. The van der Waals surface area contributed by atoms with Crippen LogP contribution in [-0.2, 0) is 14.3 Å². The van der Waals surface area contributed by atoms with E-state index in [1.807, 2.05) is 0 Å². The number of halogens is 2. The largest absolute Gasteiger partial charge is 0.507 e. The first-order valence-corrected chi connectivity index (χ1v) is 9.87. The molecular weight excluding hydrogens is 431 g/mol. The number of amides is 1. The molecule has 0 aliphatic carbocycles. The van der Waals surface area contributed by atoms with Crippen LogP contribution in [0.15, 0.2) is 42.2 Å². The third-order valence-electron chi connectivity index (χ3n) is 4.76. The molecule has 1 saturated heterocycles. The number of benzene rings is 1. The van der Waals surface area contributed by atoms with Crippen molar-refractivity contribution in [3.8, 4) is 5.75 Å². The van der Waals surface area contributed by atoms with Gasteiger partial charge in [0.15, 0.2) is 5.75 Å². The van der Waals surface area contributed by atoms with E-state index in [-0.39, 0.29) is 39.2 Å². The average Bonchev–Trinajstić information content (AvgIpc) is 2.98. The van der Waals surface area contributed by atoms with Crippen molar-refractivity contribution in [1.29, 1.82) is 0 Å². The van der Waals surface area contributed by atoms with Gasteiger partial charge in [-0.05, 0) is 30.2 Å². The quantitative estimate of drug-likeness (QED) is 0.298. The lowest BCUT2D eigenvalue weighted by atomic mass is 9.96. The van der Waals surface area contributed by atoms with Gasteiger partial charge in [-0.25, -0.2) is 0 Å². The maximum absolute atomic E-state index is 12.9. The molecule has 1 aliphatic heterocycles. The van der Waals surface area contributed by atoms with E-state index in [9.17, 15) is 14.7 Å². The van der Waals surface area contributed by atoms with E-state index < -0.39 is 17.7 Å². The van der Waals surface area contributed by atoms with Crippen molar-refractivity contribution in [2.45, 2.75) is 12.5 Å². The third kappa shape index (κ3) is 4.14. The summed E-state index contributed by atoms with van der Waals surface area (Å²) in [5.74, 6) is -1.62. The van der Waals surface area contributed by atoms with Crippen LogP contribution in [0.3, 0.4) is 0 Å². The van der Waals surface area contributed by atoms with E-state index in [0.717, 1.165) is 0 Å². The molecule has 158 valence electrons. The predicted molar refractivity (Wildman–Crippen MR) is 113 cm³/mol. The number of carbonyl (C=O) groups excluding carboxylic acids is 2. The summed E-state index contributed by atoms with van der Waals surface area (Å²) in [6.45, 7) is 0.700. The zero-order chi connectivity index (χ0) is 21.8. The Hall–Kier alpha value is -2.61. The second kappa shape index (κ2) is 9.47. The Balaban J connectivity index is 2.14. The van der Waals surface area contributed by atoms with Crippen molar-refractivity contribution >= 4 is 40.7 Å². The van der Waals surface area contributed by atoms with Crippen LogP contribution in [-0.4, -0.2) is 54.1 Å². The van der Waals surface area contributed by atoms with E-state index in [1.165, 1.54) is 24.1 Å². The Morgan fingerprint density at radius 2 is 1.93 bits per heavy atom. The summed E-state index contributed by atoms with van der Waals surface area (Å²) >= 11 is 12.4. The van der Waals surface area contributed by atoms with Gasteiger partial charge in [-0.3, -0.25) is 14.6 Å². The fourth-order valence-electron chi connectivity index (χ4n) is 3.42. The SMILES string of the molecule is COCCCN1C(=O)C(=O)/C(=C(/O)c2cc(Cl)c(OC)c(Cl)c2)C1c1cccnc1. The smallest absolute Gasteiger partial charge is 0.295 e. The van der Waals surface area contributed by atoms with Gasteiger partial charge in [-0.2, -0.15) is 0 Å². The lowest BCUT2D eigenvalue weighted by Crippen LogP contribution is -2.31. The zero-order valence-corrected chi connectivity index (χ0v) is 17.9. The number of ketones is 1. The first kappa shape index (κ1) is 22.1. The highest BCUT2D eigenvalue weighted by Crippen LogP contribution is 2.41. The van der Waals surface area contributed by atoms with Crippen molar-refractivity contribution in [2.24, 2.45) is 0 Å². The summed E-state index contributed by atoms with van der Waals surface area (Å²) in [6.07, 6.45) is 3.67. The van der Waals surface area contributed by atoms with Gasteiger partial charge in [0.05, 0.1) is 28.8 Å². The normalized spacial score (nSPS) is 18.1. The number of Topliss-reactive ketones (excluding diaryl/α,β-unsaturated/α-hetero) is 1. The fraction of sp³-hybridized carbons (Fsp3) is 0.286. The fourth-order valence-corrected chi connectivity index (χ4v) is 4.06. The molecule has 2 heterocycles. The molecule has 1 atom stereocenters. The van der Waals surface area contributed by atoms with E-state index in [0.29, 0.717) is 18.6 Å². The van der Waals surface area contributed by atoms with Crippen LogP contribution in [0.5, 0.6) is 5.75 Å². The molecule has 1 aromatic carbocycles. The van der Waals surface area contributed by atoms with Crippen molar-refractivity contribution in [3.05, 3.63) is 63.4 Å². The maximum atomic E-state index is 12.9. The second-order valence-electron chi connectivity index (χ2n) is 6.60. The number of likely N-dealkylation sites (tertiary alicyclic amines) is 1. The molecule has 1 aliphatic rings. The number of aromatic nitrogens is 1. The van der Waals surface area contributed by atoms with Crippen LogP contribution in [0.2, 0.25) is 10.0 Å². The van der Waals surface area contributed by atoms with Crippen molar-refractivity contribution in [1.82, 2.24) is 9.88 Å². The summed E-state index contributed by atoms with van der Waals surface area (Å²) in [5.41, 5.74) is 0.749. The van der Waals surface area contributed by atoms with Gasteiger partial charge >= 0.3 is 0 Å². The third-order valence-corrected chi connectivity index (χ3v) is 5.32. The minimum atomic E-state index is -0.796. The number of pyridine rings is 1. The van der Waals surface area contributed by atoms with E-state index in [4.69, 9.17) is 32.7 Å². The molecule has 1 fully saturated rings. The van der Waals surface area contributed by atoms with Gasteiger partial charge in [0.25, 0.3) is 11.7 Å². The molecule has 0 radical (unpaired) electrons. The van der Waals surface area contributed by atoms with Crippen molar-refractivity contribution in [3.63, 3.8) is 0 Å². The summed E-state index contributed by atoms with van der Waals surface area (Å²) in [7, 11) is 2.98. The molecule has 1 N–H and O–H groups in total. The molecule has 9 heteroatoms. The molecule has 0 spiro atoms. The van der Waals surface area contributed by atoms with Crippen LogP contribution in [0, 0.1) is 0 Å². The van der Waals surface area contributed by atoms with Crippen LogP contribution in [0.4, 0.5) is 0 Å². The van der Waals surface area contributed by atoms with E-state index in [1.54, 1.807) is 31.6 Å². The van der Waals surface area contributed by atoms with Gasteiger partial charge in [-0.1, -0.05) is 29.3 Å². The molecule has 0 saturated carbocycles. The van der Waals surface area contributed by atoms with E-state index >= 15 is 0 Å². The van der Waals surface area contributed by atoms with Gasteiger partial charge in [0, 0.05) is 38.2 Å². The Morgan fingerprint density at radius 1 is 1.23 bits per heavy atom. The highest BCUT2D eigenvalue weighted by Gasteiger charge is 2.46. The number of nitrogens with zero attached hydrogens (tertiary/aromatic N) is 2. The number of rotatable bonds is 7. The molecule has 30 heavy (non-hydrogen) atoms. The molecule has 1 aromatic heterocycles. The Kier molecular flexibility index (Phi) is 6.97. The molecule has 3 rings (SSSR count). The van der Waals surface area contributed by atoms with Crippen LogP contribution < -0.4 is 4.74 Å². The minimum Gasteiger partial charge on any atom is -0.507 e. The van der Waals surface area contributed by atoms with Crippen molar-refractivity contribution in [2.75, 3.05) is 27.4 Å². The zero-order valence-electron chi connectivity index (χ0n) is 16.4. The monoisotopic (exact) mass is 450 g/mol. The molecule has 2 aromatic rings. The molecule has 7 nitrogen and oxygen atoms in total. The van der Waals surface area contributed by atoms with Crippen molar-refractivity contribution < 1.29 is 24.2 Å². The van der Waals surface area contributed by atoms with Gasteiger partial charge in [0.2, 0.25) is 0 Å². The van der Waals surface area contributed by atoms with Crippen LogP contribution in [0.1, 0.15) is 23.6 Å². The highest BCUT2D eigenvalue weighted by atomic mass is 35.5. The minimum absolute atomic E-state index is 0.0530.